The summed E-state index contributed by atoms with van der Waals surface area (Å²) >= 11 is 0. The van der Waals surface area contributed by atoms with Crippen LogP contribution in [0.2, 0.25) is 0 Å². The van der Waals surface area contributed by atoms with Gasteiger partial charge in [0.1, 0.15) is 6.34 Å². The van der Waals surface area contributed by atoms with Crippen LogP contribution in [0.25, 0.3) is 0 Å². The van der Waals surface area contributed by atoms with E-state index in [9.17, 15) is 0 Å². The summed E-state index contributed by atoms with van der Waals surface area (Å²) in [6, 6.07) is 0. The number of nitrogens with one attached hydrogen (secondary N) is 2. The van der Waals surface area contributed by atoms with Crippen molar-refractivity contribution < 1.29 is 0 Å². The molecule has 0 aliphatic carbocycles. The van der Waals surface area contributed by atoms with Gasteiger partial charge >= 0.3 is 0 Å². The van der Waals surface area contributed by atoms with E-state index in [0.29, 0.717) is 0 Å². The summed E-state index contributed by atoms with van der Waals surface area (Å²) in [6.07, 6.45) is 1.55. The molecule has 2 aliphatic rings. The Morgan fingerprint density at radius 1 is 1.75 bits per heavy atom. The van der Waals surface area contributed by atoms with E-state index in [-0.39, 0.29) is 0 Å². The summed E-state index contributed by atoms with van der Waals surface area (Å²) in [5.41, 5.74) is 3.14. The van der Waals surface area contributed by atoms with Crippen LogP contribution in [0, 0.1) is 0 Å². The fourth-order valence-electron chi connectivity index (χ4n) is 1.15. The van der Waals surface area contributed by atoms with Crippen molar-refractivity contribution in [1.29, 1.82) is 0 Å². The third kappa shape index (κ3) is 1.02. The predicted molar refractivity (Wildman–Crippen MR) is 51.6 cm³/mol. The lowest BCUT2D eigenvalue weighted by Crippen LogP contribution is -2.45. The van der Waals surface area contributed by atoms with E-state index in [2.05, 4.69) is 30.0 Å². The Morgan fingerprint density at radius 3 is 3.33 bits per heavy atom. The van der Waals surface area contributed by atoms with Gasteiger partial charge in [0, 0.05) is 18.9 Å². The molecule has 0 aromatic rings. The zero-order valence-corrected chi connectivity index (χ0v) is 7.86. The zero-order valence-electron chi connectivity index (χ0n) is 6.70. The van der Waals surface area contributed by atoms with Gasteiger partial charge < -0.3 is 5.32 Å². The lowest BCUT2D eigenvalue weighted by Gasteiger charge is -2.22. The Bertz CT molecular complexity index is 292. The number of nitrogens with zero attached hydrogens (tertiary/aromatic N) is 3. The molecule has 1 atom stereocenters. The number of hydrogen-bond donors (Lipinski definition) is 2. The van der Waals surface area contributed by atoms with E-state index in [1.807, 2.05) is 12.1 Å². The standard InChI is InChI=1S/C6H10N5P/c1-7-6-9-3-8-5-4(12)2-10-11(5)6/h3,10H,2,12H2,1H3,(H,7,8,9). The minimum atomic E-state index is 0.775. The molecule has 0 fully saturated rings. The van der Waals surface area contributed by atoms with Crippen molar-refractivity contribution in [2.75, 3.05) is 13.6 Å². The topological polar surface area (TPSA) is 52.0 Å². The second-order valence-corrected chi connectivity index (χ2v) is 3.16. The van der Waals surface area contributed by atoms with Gasteiger partial charge in [-0.15, -0.1) is 9.24 Å². The van der Waals surface area contributed by atoms with Gasteiger partial charge in [-0.1, -0.05) is 0 Å². The van der Waals surface area contributed by atoms with Crippen molar-refractivity contribution in [3.63, 3.8) is 0 Å². The van der Waals surface area contributed by atoms with E-state index < -0.39 is 0 Å². The van der Waals surface area contributed by atoms with Crippen molar-refractivity contribution in [3.8, 4) is 0 Å². The fraction of sp³-hybridized carbons (Fsp3) is 0.333. The van der Waals surface area contributed by atoms with Crippen LogP contribution in [-0.4, -0.2) is 30.9 Å². The van der Waals surface area contributed by atoms with Gasteiger partial charge in [0.05, 0.1) is 0 Å². The van der Waals surface area contributed by atoms with Crippen molar-refractivity contribution in [2.24, 2.45) is 9.98 Å². The van der Waals surface area contributed by atoms with Crippen LogP contribution in [0.4, 0.5) is 0 Å². The first kappa shape index (κ1) is 7.71. The number of guanidine groups is 1. The molecular weight excluding hydrogens is 173 g/mol. The highest BCUT2D eigenvalue weighted by molar-refractivity contribution is 7.22. The molecule has 5 nitrogen and oxygen atoms in total. The fourth-order valence-corrected chi connectivity index (χ4v) is 1.44. The molecule has 0 amide bonds. The van der Waals surface area contributed by atoms with Crippen LogP contribution < -0.4 is 10.7 Å². The van der Waals surface area contributed by atoms with Crippen molar-refractivity contribution in [1.82, 2.24) is 15.8 Å². The van der Waals surface area contributed by atoms with Gasteiger partial charge in [0.15, 0.2) is 5.82 Å². The van der Waals surface area contributed by atoms with Crippen LogP contribution >= 0.6 is 9.24 Å². The molecule has 0 aromatic carbocycles. The molecule has 64 valence electrons. The summed E-state index contributed by atoms with van der Waals surface area (Å²) in [7, 11) is 4.49. The maximum absolute atomic E-state index is 4.14. The van der Waals surface area contributed by atoms with Crippen molar-refractivity contribution in [3.05, 3.63) is 11.1 Å². The monoisotopic (exact) mass is 183 g/mol. The Kier molecular flexibility index (Phi) is 1.83. The predicted octanol–water partition coefficient (Wildman–Crippen LogP) is -0.532. The second kappa shape index (κ2) is 2.84. The Hall–Kier alpha value is -0.930. The molecule has 0 bridgehead atoms. The maximum Gasteiger partial charge on any atom is 0.220 e. The quantitative estimate of drug-likeness (QED) is 0.496. The Labute approximate surface area is 72.8 Å². The lowest BCUT2D eigenvalue weighted by molar-refractivity contribution is 0.413. The average Bonchev–Trinajstić information content (AvgIpc) is 2.48. The first-order valence-electron chi connectivity index (χ1n) is 3.63. The van der Waals surface area contributed by atoms with E-state index in [0.717, 1.165) is 23.6 Å². The normalized spacial score (nSPS) is 21.2. The van der Waals surface area contributed by atoms with Gasteiger partial charge in [-0.2, -0.15) is 0 Å². The van der Waals surface area contributed by atoms with Gasteiger partial charge in [-0.3, -0.25) is 0 Å². The highest BCUT2D eigenvalue weighted by Gasteiger charge is 2.24. The van der Waals surface area contributed by atoms with Gasteiger partial charge in [0.25, 0.3) is 0 Å². The third-order valence-electron chi connectivity index (χ3n) is 1.72. The molecule has 0 spiro atoms. The lowest BCUT2D eigenvalue weighted by atomic mass is 10.5. The molecule has 2 N–H and O–H groups in total. The number of aliphatic imine (C=N–C) groups is 2. The molecule has 2 rings (SSSR count). The Morgan fingerprint density at radius 2 is 2.58 bits per heavy atom. The average molecular weight is 183 g/mol. The van der Waals surface area contributed by atoms with Crippen LogP contribution in [0.3, 0.4) is 0 Å². The van der Waals surface area contributed by atoms with Gasteiger partial charge in [-0.05, 0) is 0 Å². The highest BCUT2D eigenvalue weighted by Crippen LogP contribution is 2.22. The van der Waals surface area contributed by atoms with Gasteiger partial charge in [-0.25, -0.2) is 20.4 Å². The van der Waals surface area contributed by atoms with Crippen LogP contribution in [0.5, 0.6) is 0 Å². The molecule has 0 saturated carbocycles. The van der Waals surface area contributed by atoms with Crippen LogP contribution in [-0.2, 0) is 0 Å². The minimum absolute atomic E-state index is 0.775. The molecule has 0 aromatic heterocycles. The first-order valence-corrected chi connectivity index (χ1v) is 4.21. The number of hydrogen-bond acceptors (Lipinski definition) is 5. The minimum Gasteiger partial charge on any atom is -0.358 e. The second-order valence-electron chi connectivity index (χ2n) is 2.47. The molecule has 6 heteroatoms. The number of hydrazine groups is 1. The Balaban J connectivity index is 2.35. The molecule has 0 saturated heterocycles. The number of rotatable bonds is 0. The van der Waals surface area contributed by atoms with E-state index >= 15 is 0 Å². The maximum atomic E-state index is 4.14. The van der Waals surface area contributed by atoms with Crippen LogP contribution in [0.15, 0.2) is 21.1 Å². The molecule has 0 radical (unpaired) electrons. The summed E-state index contributed by atoms with van der Waals surface area (Å²) in [5.74, 6) is 1.69. The van der Waals surface area contributed by atoms with Crippen molar-refractivity contribution >= 4 is 21.5 Å². The van der Waals surface area contributed by atoms with E-state index in [4.69, 9.17) is 0 Å². The molecule has 2 aliphatic heterocycles. The number of fused-ring (bicyclic) bond motifs is 1. The molecule has 12 heavy (non-hydrogen) atoms. The summed E-state index contributed by atoms with van der Waals surface area (Å²) in [5, 5.41) is 5.96. The zero-order chi connectivity index (χ0) is 8.55. The van der Waals surface area contributed by atoms with E-state index in [1.165, 1.54) is 0 Å². The summed E-state index contributed by atoms with van der Waals surface area (Å²) < 4.78 is 0. The largest absolute Gasteiger partial charge is 0.358 e. The smallest absolute Gasteiger partial charge is 0.220 e. The van der Waals surface area contributed by atoms with Crippen molar-refractivity contribution in [2.45, 2.75) is 0 Å². The van der Waals surface area contributed by atoms with Gasteiger partial charge in [0.2, 0.25) is 5.96 Å². The molecular formula is C6H10N5P. The van der Waals surface area contributed by atoms with E-state index in [1.54, 1.807) is 6.34 Å². The third-order valence-corrected chi connectivity index (χ3v) is 2.18. The SMILES string of the molecule is CNC1=NC=NC2=C(P)CNN12. The highest BCUT2D eigenvalue weighted by atomic mass is 31.0. The molecule has 1 unspecified atom stereocenters. The molecule has 2 heterocycles. The van der Waals surface area contributed by atoms with Crippen LogP contribution in [0.1, 0.15) is 0 Å². The first-order chi connectivity index (χ1) is 5.83. The summed E-state index contributed by atoms with van der Waals surface area (Å²) in [6.45, 7) is 0.804. The summed E-state index contributed by atoms with van der Waals surface area (Å²) in [4.78, 5) is 8.20.